The van der Waals surface area contributed by atoms with Crippen molar-refractivity contribution in [3.05, 3.63) is 63.4 Å². The molecule has 0 bridgehead atoms. The molecule has 2 rings (SSSR count). The lowest BCUT2D eigenvalue weighted by Crippen LogP contribution is -2.01. The second kappa shape index (κ2) is 6.48. The molecule has 0 radical (unpaired) electrons. The van der Waals surface area contributed by atoms with Crippen molar-refractivity contribution in [1.29, 1.82) is 0 Å². The molecule has 1 N–H and O–H groups in total. The van der Waals surface area contributed by atoms with Gasteiger partial charge in [0.1, 0.15) is 5.82 Å². The van der Waals surface area contributed by atoms with Gasteiger partial charge in [-0.3, -0.25) is 0 Å². The molecule has 0 heterocycles. The third-order valence-electron chi connectivity index (χ3n) is 2.55. The summed E-state index contributed by atoms with van der Waals surface area (Å²) in [5.74, 6) is -1.55. The van der Waals surface area contributed by atoms with Crippen LogP contribution in [-0.2, 0) is 5.75 Å². The smallest absolute Gasteiger partial charge is 0.338 e. The van der Waals surface area contributed by atoms with E-state index in [2.05, 4.69) is 0 Å². The first-order chi connectivity index (χ1) is 9.47. The van der Waals surface area contributed by atoms with Crippen LogP contribution >= 0.6 is 35.0 Å². The number of hydrogen-bond acceptors (Lipinski definition) is 2. The van der Waals surface area contributed by atoms with Gasteiger partial charge in [-0.15, -0.1) is 11.8 Å². The second-order valence-electron chi connectivity index (χ2n) is 3.98. The number of halogens is 3. The van der Waals surface area contributed by atoms with E-state index < -0.39 is 11.8 Å². The second-order valence-corrected chi connectivity index (χ2v) is 5.84. The van der Waals surface area contributed by atoms with Crippen LogP contribution in [0.25, 0.3) is 0 Å². The van der Waals surface area contributed by atoms with Crippen LogP contribution in [0.4, 0.5) is 4.39 Å². The maximum atomic E-state index is 13.3. The van der Waals surface area contributed by atoms with Gasteiger partial charge >= 0.3 is 5.97 Å². The van der Waals surface area contributed by atoms with E-state index in [1.165, 1.54) is 17.8 Å². The molecular formula is C14H9Cl2FO2S. The zero-order valence-corrected chi connectivity index (χ0v) is 12.4. The fraction of sp³-hybridized carbons (Fsp3) is 0.0714. The Kier molecular flexibility index (Phi) is 4.91. The van der Waals surface area contributed by atoms with Crippen molar-refractivity contribution in [3.8, 4) is 0 Å². The molecule has 2 aromatic rings. The minimum atomic E-state index is -1.28. The monoisotopic (exact) mass is 330 g/mol. The first kappa shape index (κ1) is 15.2. The summed E-state index contributed by atoms with van der Waals surface area (Å²) < 4.78 is 13.3. The van der Waals surface area contributed by atoms with Gasteiger partial charge in [-0.1, -0.05) is 29.3 Å². The molecule has 0 amide bonds. The molecule has 2 nitrogen and oxygen atoms in total. The normalized spacial score (nSPS) is 10.6. The standard InChI is InChI=1S/C14H9Cl2FO2S/c15-9-2-3-11(16)13(6-9)20-7-8-1-4-12(17)10(5-8)14(18)19/h1-6H,7H2,(H,18,19). The van der Waals surface area contributed by atoms with Crippen LogP contribution in [0.1, 0.15) is 15.9 Å². The molecule has 0 aliphatic rings. The topological polar surface area (TPSA) is 37.3 Å². The lowest BCUT2D eigenvalue weighted by Gasteiger charge is -2.06. The van der Waals surface area contributed by atoms with E-state index in [1.54, 1.807) is 24.3 Å². The van der Waals surface area contributed by atoms with Gasteiger partial charge in [-0.2, -0.15) is 0 Å². The number of carboxylic acids is 1. The number of aromatic carboxylic acids is 1. The Balaban J connectivity index is 2.17. The van der Waals surface area contributed by atoms with Gasteiger partial charge in [-0.05, 0) is 35.9 Å². The third kappa shape index (κ3) is 3.66. The number of thioether (sulfide) groups is 1. The zero-order chi connectivity index (χ0) is 14.7. The van der Waals surface area contributed by atoms with Gasteiger partial charge in [0.05, 0.1) is 10.6 Å². The zero-order valence-electron chi connectivity index (χ0n) is 10.1. The summed E-state index contributed by atoms with van der Waals surface area (Å²) in [5.41, 5.74) is 0.366. The number of carbonyl (C=O) groups is 1. The molecule has 0 atom stereocenters. The maximum Gasteiger partial charge on any atom is 0.338 e. The predicted octanol–water partition coefficient (Wildman–Crippen LogP) is 5.12. The number of rotatable bonds is 4. The third-order valence-corrected chi connectivity index (χ3v) is 4.35. The summed E-state index contributed by atoms with van der Waals surface area (Å²) in [4.78, 5) is 11.7. The van der Waals surface area contributed by atoms with Crippen molar-refractivity contribution in [1.82, 2.24) is 0 Å². The fourth-order valence-corrected chi connectivity index (χ4v) is 3.01. The Labute approximate surface area is 129 Å². The quantitative estimate of drug-likeness (QED) is 0.790. The predicted molar refractivity (Wildman–Crippen MR) is 79.4 cm³/mol. The van der Waals surface area contributed by atoms with E-state index in [1.807, 2.05) is 0 Å². The van der Waals surface area contributed by atoms with Gasteiger partial charge in [0, 0.05) is 15.7 Å². The lowest BCUT2D eigenvalue weighted by atomic mass is 10.1. The van der Waals surface area contributed by atoms with Gasteiger partial charge in [0.15, 0.2) is 0 Å². The number of carboxylic acid groups (broad SMARTS) is 1. The summed E-state index contributed by atoms with van der Waals surface area (Å²) in [7, 11) is 0. The van der Waals surface area contributed by atoms with Crippen molar-refractivity contribution in [3.63, 3.8) is 0 Å². The maximum absolute atomic E-state index is 13.3. The molecule has 0 aromatic heterocycles. The molecule has 6 heteroatoms. The Morgan fingerprint density at radius 2 is 1.95 bits per heavy atom. The first-order valence-corrected chi connectivity index (χ1v) is 7.31. The van der Waals surface area contributed by atoms with Crippen LogP contribution in [0.3, 0.4) is 0 Å². The Morgan fingerprint density at radius 3 is 2.65 bits per heavy atom. The average Bonchev–Trinajstić information content (AvgIpc) is 2.41. The molecule has 104 valence electrons. The van der Waals surface area contributed by atoms with Crippen LogP contribution in [0.5, 0.6) is 0 Å². The Bertz CT molecular complexity index is 662. The van der Waals surface area contributed by atoms with Crippen LogP contribution in [-0.4, -0.2) is 11.1 Å². The van der Waals surface area contributed by atoms with Gasteiger partial charge in [-0.25, -0.2) is 9.18 Å². The van der Waals surface area contributed by atoms with E-state index in [0.29, 0.717) is 21.4 Å². The van der Waals surface area contributed by atoms with E-state index in [9.17, 15) is 9.18 Å². The number of benzene rings is 2. The molecule has 0 aliphatic carbocycles. The first-order valence-electron chi connectivity index (χ1n) is 5.57. The molecule has 0 spiro atoms. The number of hydrogen-bond donors (Lipinski definition) is 1. The molecule has 0 unspecified atom stereocenters. The summed E-state index contributed by atoms with van der Waals surface area (Å²) in [6.07, 6.45) is 0. The van der Waals surface area contributed by atoms with Crippen LogP contribution in [0, 0.1) is 5.82 Å². The highest BCUT2D eigenvalue weighted by Crippen LogP contribution is 2.32. The van der Waals surface area contributed by atoms with E-state index >= 15 is 0 Å². The Hall–Kier alpha value is -1.23. The molecule has 2 aromatic carbocycles. The Morgan fingerprint density at radius 1 is 1.20 bits per heavy atom. The molecule has 0 fully saturated rings. The van der Waals surface area contributed by atoms with Crippen molar-refractivity contribution < 1.29 is 14.3 Å². The van der Waals surface area contributed by atoms with Crippen molar-refractivity contribution in [2.75, 3.05) is 0 Å². The molecule has 0 saturated carbocycles. The van der Waals surface area contributed by atoms with E-state index in [0.717, 1.165) is 11.0 Å². The van der Waals surface area contributed by atoms with Gasteiger partial charge in [0.2, 0.25) is 0 Å². The van der Waals surface area contributed by atoms with Gasteiger partial charge < -0.3 is 5.11 Å². The minimum absolute atomic E-state index is 0.333. The van der Waals surface area contributed by atoms with Crippen molar-refractivity contribution in [2.45, 2.75) is 10.6 Å². The summed E-state index contributed by atoms with van der Waals surface area (Å²) in [6.45, 7) is 0. The summed E-state index contributed by atoms with van der Waals surface area (Å²) in [5, 5.41) is 10.0. The van der Waals surface area contributed by atoms with Crippen molar-refractivity contribution in [2.24, 2.45) is 0 Å². The minimum Gasteiger partial charge on any atom is -0.478 e. The molecule has 20 heavy (non-hydrogen) atoms. The van der Waals surface area contributed by atoms with Crippen LogP contribution in [0.15, 0.2) is 41.3 Å². The molecule has 0 aliphatic heterocycles. The molecular weight excluding hydrogens is 322 g/mol. The van der Waals surface area contributed by atoms with Gasteiger partial charge in [0.25, 0.3) is 0 Å². The highest BCUT2D eigenvalue weighted by molar-refractivity contribution is 7.98. The van der Waals surface area contributed by atoms with Crippen LogP contribution in [0.2, 0.25) is 10.0 Å². The van der Waals surface area contributed by atoms with E-state index in [4.69, 9.17) is 28.3 Å². The highest BCUT2D eigenvalue weighted by Gasteiger charge is 2.11. The SMILES string of the molecule is O=C(O)c1cc(CSc2cc(Cl)ccc2Cl)ccc1F. The summed E-state index contributed by atoms with van der Waals surface area (Å²) >= 11 is 13.3. The molecule has 0 saturated heterocycles. The highest BCUT2D eigenvalue weighted by atomic mass is 35.5. The lowest BCUT2D eigenvalue weighted by molar-refractivity contribution is 0.0692. The van der Waals surface area contributed by atoms with E-state index in [-0.39, 0.29) is 5.56 Å². The largest absolute Gasteiger partial charge is 0.478 e. The van der Waals surface area contributed by atoms with Crippen LogP contribution < -0.4 is 0 Å². The summed E-state index contributed by atoms with van der Waals surface area (Å²) in [6, 6.07) is 9.14. The van der Waals surface area contributed by atoms with Crippen molar-refractivity contribution >= 4 is 40.9 Å². The average molecular weight is 331 g/mol. The fourth-order valence-electron chi connectivity index (χ4n) is 1.57.